The molecule has 2 aromatic carbocycles. The van der Waals surface area contributed by atoms with E-state index in [0.29, 0.717) is 11.5 Å². The Morgan fingerprint density at radius 1 is 1.05 bits per heavy atom. The Bertz CT molecular complexity index is 651. The molecule has 0 aliphatic carbocycles. The Morgan fingerprint density at radius 2 is 1.77 bits per heavy atom. The third kappa shape index (κ3) is 3.35. The van der Waals surface area contributed by atoms with Gasteiger partial charge in [-0.2, -0.15) is 0 Å². The molecule has 0 radical (unpaired) electrons. The van der Waals surface area contributed by atoms with Crippen molar-refractivity contribution in [3.63, 3.8) is 0 Å². The van der Waals surface area contributed by atoms with Gasteiger partial charge in [0.25, 0.3) is 5.69 Å². The summed E-state index contributed by atoms with van der Waals surface area (Å²) in [5.74, 6) is 1.28. The van der Waals surface area contributed by atoms with E-state index in [2.05, 4.69) is 4.90 Å². The zero-order valence-corrected chi connectivity index (χ0v) is 12.0. The van der Waals surface area contributed by atoms with Gasteiger partial charge in [-0.3, -0.25) is 10.1 Å². The first kappa shape index (κ1) is 14.3. The van der Waals surface area contributed by atoms with E-state index in [1.165, 1.54) is 12.1 Å². The third-order valence-corrected chi connectivity index (χ3v) is 3.48. The first-order valence-electron chi connectivity index (χ1n) is 7.07. The van der Waals surface area contributed by atoms with Gasteiger partial charge in [0.1, 0.15) is 11.5 Å². The van der Waals surface area contributed by atoms with Crippen LogP contribution in [0.1, 0.15) is 0 Å². The van der Waals surface area contributed by atoms with Gasteiger partial charge in [0.2, 0.25) is 0 Å². The second-order valence-corrected chi connectivity index (χ2v) is 4.95. The van der Waals surface area contributed by atoms with Gasteiger partial charge in [0.05, 0.1) is 18.1 Å². The molecule has 1 fully saturated rings. The molecule has 3 rings (SSSR count). The van der Waals surface area contributed by atoms with Crippen LogP contribution in [0.3, 0.4) is 0 Å². The fourth-order valence-corrected chi connectivity index (χ4v) is 2.34. The van der Waals surface area contributed by atoms with E-state index in [1.807, 2.05) is 24.3 Å². The lowest BCUT2D eigenvalue weighted by Gasteiger charge is -2.29. The standard InChI is InChI=1S/C16H16N2O4/c19-18(20)13-4-6-15(7-5-13)22-16-3-1-2-14(12-16)17-8-10-21-11-9-17/h1-7,12H,8-11H2. The molecule has 0 bridgehead atoms. The highest BCUT2D eigenvalue weighted by molar-refractivity contribution is 5.52. The molecule has 1 saturated heterocycles. The molecule has 1 aliphatic heterocycles. The summed E-state index contributed by atoms with van der Waals surface area (Å²) in [5, 5.41) is 10.6. The Kier molecular flexibility index (Phi) is 4.20. The minimum Gasteiger partial charge on any atom is -0.457 e. The number of nitro benzene ring substituents is 1. The van der Waals surface area contributed by atoms with Gasteiger partial charge in [-0.25, -0.2) is 0 Å². The first-order chi connectivity index (χ1) is 10.7. The molecule has 1 aliphatic rings. The summed E-state index contributed by atoms with van der Waals surface area (Å²) in [4.78, 5) is 12.5. The van der Waals surface area contributed by atoms with Crippen LogP contribution in [0, 0.1) is 10.1 Å². The Morgan fingerprint density at radius 3 is 2.45 bits per heavy atom. The highest BCUT2D eigenvalue weighted by atomic mass is 16.6. The third-order valence-electron chi connectivity index (χ3n) is 3.48. The smallest absolute Gasteiger partial charge is 0.269 e. The minimum atomic E-state index is -0.428. The van der Waals surface area contributed by atoms with Crippen LogP contribution in [0.25, 0.3) is 0 Å². The topological polar surface area (TPSA) is 64.8 Å². The molecule has 114 valence electrons. The van der Waals surface area contributed by atoms with Crippen molar-refractivity contribution < 1.29 is 14.4 Å². The quantitative estimate of drug-likeness (QED) is 0.640. The SMILES string of the molecule is O=[N+]([O-])c1ccc(Oc2cccc(N3CCOCC3)c2)cc1. The summed E-state index contributed by atoms with van der Waals surface area (Å²) in [5.41, 5.74) is 1.14. The summed E-state index contributed by atoms with van der Waals surface area (Å²) in [7, 11) is 0. The van der Waals surface area contributed by atoms with Crippen LogP contribution in [0.4, 0.5) is 11.4 Å². The van der Waals surface area contributed by atoms with Crippen molar-refractivity contribution in [3.05, 3.63) is 58.6 Å². The number of hydrogen-bond acceptors (Lipinski definition) is 5. The van der Waals surface area contributed by atoms with E-state index >= 15 is 0 Å². The molecule has 0 aromatic heterocycles. The Labute approximate surface area is 128 Å². The summed E-state index contributed by atoms with van der Waals surface area (Å²) in [6, 6.07) is 13.9. The normalized spacial score (nSPS) is 14.6. The van der Waals surface area contributed by atoms with Crippen LogP contribution >= 0.6 is 0 Å². The lowest BCUT2D eigenvalue weighted by Crippen LogP contribution is -2.36. The number of nitrogens with zero attached hydrogens (tertiary/aromatic N) is 2. The Balaban J connectivity index is 1.73. The van der Waals surface area contributed by atoms with Crippen LogP contribution < -0.4 is 9.64 Å². The summed E-state index contributed by atoms with van der Waals surface area (Å²) in [6.45, 7) is 3.18. The van der Waals surface area contributed by atoms with Crippen LogP contribution in [0.5, 0.6) is 11.5 Å². The van der Waals surface area contributed by atoms with Crippen LogP contribution in [0.15, 0.2) is 48.5 Å². The molecule has 0 N–H and O–H groups in total. The fraction of sp³-hybridized carbons (Fsp3) is 0.250. The Hall–Kier alpha value is -2.60. The number of anilines is 1. The largest absolute Gasteiger partial charge is 0.457 e. The lowest BCUT2D eigenvalue weighted by atomic mass is 10.2. The summed E-state index contributed by atoms with van der Waals surface area (Å²) < 4.78 is 11.1. The van der Waals surface area contributed by atoms with Crippen molar-refractivity contribution in [2.75, 3.05) is 31.2 Å². The van der Waals surface area contributed by atoms with Crippen LogP contribution in [-0.2, 0) is 4.74 Å². The number of morpholine rings is 1. The van der Waals surface area contributed by atoms with Crippen molar-refractivity contribution in [1.82, 2.24) is 0 Å². The molecule has 0 amide bonds. The van der Waals surface area contributed by atoms with Crippen molar-refractivity contribution in [2.24, 2.45) is 0 Å². The number of hydrogen-bond donors (Lipinski definition) is 0. The zero-order chi connectivity index (χ0) is 15.4. The maximum absolute atomic E-state index is 10.6. The van der Waals surface area contributed by atoms with E-state index in [4.69, 9.17) is 9.47 Å². The highest BCUT2D eigenvalue weighted by Gasteiger charge is 2.12. The van der Waals surface area contributed by atoms with Crippen molar-refractivity contribution in [3.8, 4) is 11.5 Å². The molecule has 2 aromatic rings. The predicted octanol–water partition coefficient (Wildman–Crippen LogP) is 3.22. The second-order valence-electron chi connectivity index (χ2n) is 4.95. The van der Waals surface area contributed by atoms with Crippen molar-refractivity contribution >= 4 is 11.4 Å². The average Bonchev–Trinajstić information content (AvgIpc) is 2.56. The average molecular weight is 300 g/mol. The highest BCUT2D eigenvalue weighted by Crippen LogP contribution is 2.27. The molecular weight excluding hydrogens is 284 g/mol. The molecule has 0 atom stereocenters. The predicted molar refractivity (Wildman–Crippen MR) is 82.6 cm³/mol. The molecule has 0 spiro atoms. The second kappa shape index (κ2) is 6.44. The monoisotopic (exact) mass is 300 g/mol. The van der Waals surface area contributed by atoms with Gasteiger partial charge in [-0.05, 0) is 24.3 Å². The molecule has 6 nitrogen and oxygen atoms in total. The number of benzene rings is 2. The van der Waals surface area contributed by atoms with Crippen molar-refractivity contribution in [2.45, 2.75) is 0 Å². The fourth-order valence-electron chi connectivity index (χ4n) is 2.34. The first-order valence-corrected chi connectivity index (χ1v) is 7.07. The number of non-ortho nitro benzene ring substituents is 1. The van der Waals surface area contributed by atoms with Gasteiger partial charge < -0.3 is 14.4 Å². The molecule has 6 heteroatoms. The summed E-state index contributed by atoms with van der Waals surface area (Å²) in [6.07, 6.45) is 0. The summed E-state index contributed by atoms with van der Waals surface area (Å²) >= 11 is 0. The molecule has 22 heavy (non-hydrogen) atoms. The van der Waals surface area contributed by atoms with Gasteiger partial charge in [-0.1, -0.05) is 6.07 Å². The maximum Gasteiger partial charge on any atom is 0.269 e. The maximum atomic E-state index is 10.6. The van der Waals surface area contributed by atoms with Crippen molar-refractivity contribution in [1.29, 1.82) is 0 Å². The van der Waals surface area contributed by atoms with Gasteiger partial charge >= 0.3 is 0 Å². The van der Waals surface area contributed by atoms with E-state index < -0.39 is 4.92 Å². The van der Waals surface area contributed by atoms with E-state index in [9.17, 15) is 10.1 Å². The lowest BCUT2D eigenvalue weighted by molar-refractivity contribution is -0.384. The number of rotatable bonds is 4. The number of nitro groups is 1. The van der Waals surface area contributed by atoms with Crippen LogP contribution in [0.2, 0.25) is 0 Å². The van der Waals surface area contributed by atoms with Gasteiger partial charge in [-0.15, -0.1) is 0 Å². The van der Waals surface area contributed by atoms with Crippen LogP contribution in [-0.4, -0.2) is 31.2 Å². The van der Waals surface area contributed by atoms with Gasteiger partial charge in [0, 0.05) is 37.0 Å². The number of ether oxygens (including phenoxy) is 2. The molecular formula is C16H16N2O4. The van der Waals surface area contributed by atoms with Gasteiger partial charge in [0.15, 0.2) is 0 Å². The molecule has 0 unspecified atom stereocenters. The molecule has 0 saturated carbocycles. The zero-order valence-electron chi connectivity index (χ0n) is 12.0. The molecule has 1 heterocycles. The van der Waals surface area contributed by atoms with E-state index in [1.54, 1.807) is 12.1 Å². The van der Waals surface area contributed by atoms with E-state index in [-0.39, 0.29) is 5.69 Å². The minimum absolute atomic E-state index is 0.0504. The van der Waals surface area contributed by atoms with E-state index in [0.717, 1.165) is 32.0 Å².